The molecule has 26 heavy (non-hydrogen) atoms. The van der Waals surface area contributed by atoms with Crippen LogP contribution < -0.4 is 4.74 Å². The Morgan fingerprint density at radius 2 is 1.88 bits per heavy atom. The van der Waals surface area contributed by atoms with E-state index in [9.17, 15) is 14.9 Å². The quantitative estimate of drug-likeness (QED) is 0.277. The topological polar surface area (TPSA) is 82.6 Å². The predicted molar refractivity (Wildman–Crippen MR) is 97.2 cm³/mol. The van der Waals surface area contributed by atoms with E-state index in [1.165, 1.54) is 18.2 Å². The molecule has 6 nitrogen and oxygen atoms in total. The molecule has 6 heteroatoms. The van der Waals surface area contributed by atoms with Gasteiger partial charge in [0.1, 0.15) is 17.3 Å². The number of nitrogens with zero attached hydrogens (tertiary/aromatic N) is 1. The molecule has 2 aromatic carbocycles. The van der Waals surface area contributed by atoms with Gasteiger partial charge in [-0.1, -0.05) is 12.1 Å². The maximum absolute atomic E-state index is 12.2. The number of carbonyl (C=O) groups excluding carboxylic acids is 1. The molecular weight excluding hydrogens is 334 g/mol. The van der Waals surface area contributed by atoms with E-state index in [0.717, 1.165) is 5.56 Å². The van der Waals surface area contributed by atoms with Crippen LogP contribution in [-0.2, 0) is 0 Å². The van der Waals surface area contributed by atoms with Crippen LogP contribution >= 0.6 is 0 Å². The molecule has 3 rings (SSSR count). The molecule has 0 atom stereocenters. The third-order valence-electron chi connectivity index (χ3n) is 3.74. The summed E-state index contributed by atoms with van der Waals surface area (Å²) in [5.41, 5.74) is 1.25. The van der Waals surface area contributed by atoms with Gasteiger partial charge in [-0.05, 0) is 48.6 Å². The highest BCUT2D eigenvalue weighted by Crippen LogP contribution is 2.25. The fourth-order valence-electron chi connectivity index (χ4n) is 2.38. The summed E-state index contributed by atoms with van der Waals surface area (Å²) in [4.78, 5) is 22.5. The lowest BCUT2D eigenvalue weighted by Gasteiger charge is -2.00. The van der Waals surface area contributed by atoms with Crippen LogP contribution in [0.15, 0.2) is 71.2 Å². The van der Waals surface area contributed by atoms with Crippen LogP contribution in [0, 0.1) is 10.1 Å². The van der Waals surface area contributed by atoms with Gasteiger partial charge in [0.2, 0.25) is 0 Å². The number of furan rings is 1. The fraction of sp³-hybridized carbons (Fsp3) is 0.0500. The van der Waals surface area contributed by atoms with Crippen molar-refractivity contribution in [1.29, 1.82) is 0 Å². The monoisotopic (exact) mass is 349 g/mol. The Morgan fingerprint density at radius 3 is 2.58 bits per heavy atom. The average molecular weight is 349 g/mol. The molecule has 3 aromatic rings. The number of rotatable bonds is 6. The number of allylic oxidation sites excluding steroid dienone is 1. The first-order valence-electron chi connectivity index (χ1n) is 7.78. The summed E-state index contributed by atoms with van der Waals surface area (Å²) >= 11 is 0. The van der Waals surface area contributed by atoms with Gasteiger partial charge < -0.3 is 9.15 Å². The van der Waals surface area contributed by atoms with Crippen molar-refractivity contribution in [3.63, 3.8) is 0 Å². The number of nitro groups is 1. The van der Waals surface area contributed by atoms with Crippen LogP contribution in [0.25, 0.3) is 17.4 Å². The zero-order chi connectivity index (χ0) is 18.5. The molecule has 0 bridgehead atoms. The lowest BCUT2D eigenvalue weighted by molar-refractivity contribution is -0.384. The molecule has 1 aromatic heterocycles. The lowest BCUT2D eigenvalue weighted by atomic mass is 10.1. The summed E-state index contributed by atoms with van der Waals surface area (Å²) in [5, 5.41) is 10.7. The maximum Gasteiger partial charge on any atom is 0.269 e. The highest BCUT2D eigenvalue weighted by Gasteiger charge is 2.08. The summed E-state index contributed by atoms with van der Waals surface area (Å²) in [6, 6.07) is 16.4. The van der Waals surface area contributed by atoms with Crippen LogP contribution in [0.4, 0.5) is 5.69 Å². The Bertz CT molecular complexity index is 970. The second-order valence-electron chi connectivity index (χ2n) is 5.44. The second-order valence-corrected chi connectivity index (χ2v) is 5.44. The van der Waals surface area contributed by atoms with Crippen molar-refractivity contribution in [2.45, 2.75) is 0 Å². The number of hydrogen-bond acceptors (Lipinski definition) is 5. The summed E-state index contributed by atoms with van der Waals surface area (Å²) in [6.45, 7) is 0. The van der Waals surface area contributed by atoms with E-state index in [0.29, 0.717) is 22.8 Å². The molecule has 1 heterocycles. The molecule has 0 N–H and O–H groups in total. The van der Waals surface area contributed by atoms with Gasteiger partial charge >= 0.3 is 0 Å². The van der Waals surface area contributed by atoms with Crippen molar-refractivity contribution in [3.8, 4) is 17.1 Å². The van der Waals surface area contributed by atoms with Gasteiger partial charge in [0.15, 0.2) is 5.78 Å². The van der Waals surface area contributed by atoms with Crippen LogP contribution in [0.2, 0.25) is 0 Å². The van der Waals surface area contributed by atoms with E-state index >= 15 is 0 Å². The summed E-state index contributed by atoms with van der Waals surface area (Å²) in [7, 11) is 1.54. The molecule has 0 fully saturated rings. The van der Waals surface area contributed by atoms with Gasteiger partial charge in [-0.25, -0.2) is 0 Å². The molecule has 0 spiro atoms. The SMILES string of the molecule is COc1cccc(C(=O)/C=C/c2ccc(-c3ccc([N+](=O)[O-])cc3)o2)c1. The standard InChI is InChI=1S/C20H15NO5/c1-25-18-4-2-3-15(13-18)19(22)11-9-17-10-12-20(26-17)14-5-7-16(8-6-14)21(23)24/h2-13H,1H3/b11-9+. The normalized spacial score (nSPS) is 10.8. The van der Waals surface area contributed by atoms with E-state index in [1.807, 2.05) is 0 Å². The molecule has 0 amide bonds. The Balaban J connectivity index is 1.74. The van der Waals surface area contributed by atoms with Gasteiger partial charge in [0.25, 0.3) is 5.69 Å². The van der Waals surface area contributed by atoms with Gasteiger partial charge in [-0.3, -0.25) is 14.9 Å². The number of carbonyl (C=O) groups is 1. The first kappa shape index (κ1) is 17.2. The smallest absolute Gasteiger partial charge is 0.269 e. The molecule has 0 saturated heterocycles. The van der Waals surface area contributed by atoms with E-state index in [1.54, 1.807) is 61.7 Å². The van der Waals surface area contributed by atoms with Crippen molar-refractivity contribution >= 4 is 17.5 Å². The van der Waals surface area contributed by atoms with Crippen molar-refractivity contribution in [2.24, 2.45) is 0 Å². The molecule has 0 saturated carbocycles. The third kappa shape index (κ3) is 3.87. The Labute approximate surface area is 149 Å². The van der Waals surface area contributed by atoms with Crippen molar-refractivity contribution in [1.82, 2.24) is 0 Å². The van der Waals surface area contributed by atoms with E-state index < -0.39 is 4.92 Å². The van der Waals surface area contributed by atoms with Crippen LogP contribution in [-0.4, -0.2) is 17.8 Å². The largest absolute Gasteiger partial charge is 0.497 e. The van der Waals surface area contributed by atoms with Crippen LogP contribution in [0.1, 0.15) is 16.1 Å². The first-order chi connectivity index (χ1) is 12.6. The molecule has 0 radical (unpaired) electrons. The minimum Gasteiger partial charge on any atom is -0.497 e. The van der Waals surface area contributed by atoms with Crippen molar-refractivity contribution in [3.05, 3.63) is 88.2 Å². The zero-order valence-electron chi connectivity index (χ0n) is 13.9. The Kier molecular flexibility index (Phi) is 4.94. The van der Waals surface area contributed by atoms with Gasteiger partial charge in [-0.15, -0.1) is 0 Å². The third-order valence-corrected chi connectivity index (χ3v) is 3.74. The van der Waals surface area contributed by atoms with E-state index in [4.69, 9.17) is 9.15 Å². The molecular formula is C20H15NO5. The van der Waals surface area contributed by atoms with E-state index in [2.05, 4.69) is 0 Å². The number of ketones is 1. The van der Waals surface area contributed by atoms with Crippen molar-refractivity contribution < 1.29 is 18.9 Å². The Hall–Kier alpha value is -3.67. The van der Waals surface area contributed by atoms with E-state index in [-0.39, 0.29) is 11.5 Å². The Morgan fingerprint density at radius 1 is 1.12 bits per heavy atom. The number of non-ortho nitro benzene ring substituents is 1. The second kappa shape index (κ2) is 7.48. The minimum atomic E-state index is -0.454. The van der Waals surface area contributed by atoms with Gasteiger partial charge in [0, 0.05) is 23.3 Å². The summed E-state index contributed by atoms with van der Waals surface area (Å²) in [6.07, 6.45) is 3.00. The van der Waals surface area contributed by atoms with Gasteiger partial charge in [-0.2, -0.15) is 0 Å². The molecule has 0 unspecified atom stereocenters. The average Bonchev–Trinajstić information content (AvgIpc) is 3.15. The number of benzene rings is 2. The predicted octanol–water partition coefficient (Wildman–Crippen LogP) is 4.76. The van der Waals surface area contributed by atoms with Gasteiger partial charge in [0.05, 0.1) is 12.0 Å². The molecule has 0 aliphatic carbocycles. The fourth-order valence-corrected chi connectivity index (χ4v) is 2.38. The summed E-state index contributed by atoms with van der Waals surface area (Å²) < 4.78 is 10.8. The highest BCUT2D eigenvalue weighted by molar-refractivity contribution is 6.06. The number of hydrogen-bond donors (Lipinski definition) is 0. The lowest BCUT2D eigenvalue weighted by Crippen LogP contribution is -1.94. The maximum atomic E-state index is 12.2. The molecule has 0 aliphatic rings. The molecule has 130 valence electrons. The summed E-state index contributed by atoms with van der Waals surface area (Å²) in [5.74, 6) is 1.52. The zero-order valence-corrected chi connectivity index (χ0v) is 13.9. The van der Waals surface area contributed by atoms with Crippen molar-refractivity contribution in [2.75, 3.05) is 7.11 Å². The number of nitro benzene ring substituents is 1. The minimum absolute atomic E-state index is 0.0179. The number of methoxy groups -OCH3 is 1. The van der Waals surface area contributed by atoms with Crippen LogP contribution in [0.3, 0.4) is 0 Å². The van der Waals surface area contributed by atoms with Crippen LogP contribution in [0.5, 0.6) is 5.75 Å². The number of ether oxygens (including phenoxy) is 1. The molecule has 0 aliphatic heterocycles. The highest BCUT2D eigenvalue weighted by atomic mass is 16.6. The first-order valence-corrected chi connectivity index (χ1v) is 7.78.